The van der Waals surface area contributed by atoms with Gasteiger partial charge in [0.25, 0.3) is 0 Å². The third kappa shape index (κ3) is 7.60. The molecule has 0 saturated heterocycles. The molecule has 0 bridgehead atoms. The van der Waals surface area contributed by atoms with Crippen molar-refractivity contribution in [3.63, 3.8) is 0 Å². The van der Waals surface area contributed by atoms with Gasteiger partial charge in [-0.05, 0) is 43.0 Å². The van der Waals surface area contributed by atoms with Crippen LogP contribution < -0.4 is 10.6 Å². The fourth-order valence-corrected chi connectivity index (χ4v) is 3.72. The maximum absolute atomic E-state index is 13.4. The van der Waals surface area contributed by atoms with Gasteiger partial charge in [-0.25, -0.2) is 4.79 Å². The van der Waals surface area contributed by atoms with Crippen molar-refractivity contribution < 1.29 is 14.1 Å². The Bertz CT molecular complexity index is 892. The Morgan fingerprint density at radius 2 is 1.61 bits per heavy atom. The molecule has 0 atom stereocenters. The monoisotopic (exact) mass is 457 g/mol. The van der Waals surface area contributed by atoms with E-state index in [2.05, 4.69) is 62.2 Å². The third-order valence-corrected chi connectivity index (χ3v) is 5.70. The number of aromatic nitrogens is 1. The lowest BCUT2D eigenvalue weighted by Crippen LogP contribution is -2.45. The lowest BCUT2D eigenvalue weighted by Gasteiger charge is -2.28. The Morgan fingerprint density at radius 1 is 1.00 bits per heavy atom. The Balaban J connectivity index is 2.24. The van der Waals surface area contributed by atoms with Crippen LogP contribution in [0, 0.1) is 6.92 Å². The van der Waals surface area contributed by atoms with Crippen LogP contribution in [0.2, 0.25) is 0 Å². The Hall–Kier alpha value is -2.87. The summed E-state index contributed by atoms with van der Waals surface area (Å²) < 4.78 is 5.01. The predicted octanol–water partition coefficient (Wildman–Crippen LogP) is 5.04. The molecule has 0 aliphatic rings. The first-order chi connectivity index (χ1) is 15.7. The predicted molar refractivity (Wildman–Crippen MR) is 133 cm³/mol. The number of urea groups is 1. The van der Waals surface area contributed by atoms with Gasteiger partial charge in [0.15, 0.2) is 5.82 Å². The van der Waals surface area contributed by atoms with E-state index in [0.29, 0.717) is 24.7 Å². The fourth-order valence-electron chi connectivity index (χ4n) is 3.72. The van der Waals surface area contributed by atoms with Gasteiger partial charge in [0, 0.05) is 24.8 Å². The largest absolute Gasteiger partial charge is 0.360 e. The van der Waals surface area contributed by atoms with Crippen LogP contribution in [0.15, 0.2) is 28.8 Å². The van der Waals surface area contributed by atoms with Gasteiger partial charge in [-0.2, -0.15) is 0 Å². The average Bonchev–Trinajstić information content (AvgIpc) is 3.17. The van der Waals surface area contributed by atoms with Gasteiger partial charge >= 0.3 is 6.03 Å². The van der Waals surface area contributed by atoms with Crippen molar-refractivity contribution in [2.24, 2.45) is 0 Å². The molecule has 0 aliphatic carbocycles. The molecule has 182 valence electrons. The maximum atomic E-state index is 13.4. The number of nitrogens with zero attached hydrogens (tertiary/aromatic N) is 3. The molecule has 3 amide bonds. The third-order valence-electron chi connectivity index (χ3n) is 5.70. The topological polar surface area (TPSA) is 90.7 Å². The van der Waals surface area contributed by atoms with E-state index in [1.807, 2.05) is 18.2 Å². The lowest BCUT2D eigenvalue weighted by atomic mass is 9.93. The molecule has 8 nitrogen and oxygen atoms in total. The maximum Gasteiger partial charge on any atom is 0.322 e. The summed E-state index contributed by atoms with van der Waals surface area (Å²) in [6, 6.07) is 7.49. The van der Waals surface area contributed by atoms with Crippen molar-refractivity contribution >= 4 is 23.4 Å². The number of anilines is 2. The summed E-state index contributed by atoms with van der Waals surface area (Å²) in [5.41, 5.74) is 3.01. The second kappa shape index (κ2) is 12.4. The van der Waals surface area contributed by atoms with Gasteiger partial charge in [0.05, 0.1) is 0 Å². The summed E-state index contributed by atoms with van der Waals surface area (Å²) in [6.45, 7) is 17.2. The van der Waals surface area contributed by atoms with Crippen molar-refractivity contribution in [1.82, 2.24) is 15.0 Å². The number of carbonyl (C=O) groups is 2. The number of carbonyl (C=O) groups excluding carboxylic acids is 2. The van der Waals surface area contributed by atoms with Crippen molar-refractivity contribution in [2.45, 2.75) is 60.3 Å². The minimum Gasteiger partial charge on any atom is -0.360 e. The molecular formula is C25H39N5O3. The van der Waals surface area contributed by atoms with Crippen LogP contribution in [0.3, 0.4) is 0 Å². The van der Waals surface area contributed by atoms with E-state index in [1.54, 1.807) is 17.9 Å². The van der Waals surface area contributed by atoms with Crippen LogP contribution in [0.25, 0.3) is 0 Å². The van der Waals surface area contributed by atoms with E-state index in [1.165, 1.54) is 0 Å². The summed E-state index contributed by atoms with van der Waals surface area (Å²) in [7, 11) is 0. The quantitative estimate of drug-likeness (QED) is 0.493. The second-order valence-corrected chi connectivity index (χ2v) is 8.87. The molecule has 0 saturated carbocycles. The van der Waals surface area contributed by atoms with Gasteiger partial charge in [-0.1, -0.05) is 64.9 Å². The van der Waals surface area contributed by atoms with Crippen LogP contribution >= 0.6 is 0 Å². The highest BCUT2D eigenvalue weighted by atomic mass is 16.5. The number of hydrogen-bond acceptors (Lipinski definition) is 5. The molecule has 0 fully saturated rings. The Morgan fingerprint density at radius 3 is 2.09 bits per heavy atom. The second-order valence-electron chi connectivity index (χ2n) is 8.87. The number of nitrogens with one attached hydrogen (secondary N) is 2. The smallest absolute Gasteiger partial charge is 0.322 e. The average molecular weight is 458 g/mol. The van der Waals surface area contributed by atoms with E-state index in [0.717, 1.165) is 29.9 Å². The summed E-state index contributed by atoms with van der Waals surface area (Å²) in [5, 5.41) is 9.64. The summed E-state index contributed by atoms with van der Waals surface area (Å²) >= 11 is 0. The highest BCUT2D eigenvalue weighted by molar-refractivity contribution is 5.97. The number of aryl methyl sites for hydroxylation is 1. The van der Waals surface area contributed by atoms with Crippen LogP contribution in [0.1, 0.15) is 70.3 Å². The molecule has 2 N–H and O–H groups in total. The highest BCUT2D eigenvalue weighted by Crippen LogP contribution is 2.32. The van der Waals surface area contributed by atoms with E-state index in [4.69, 9.17) is 4.52 Å². The van der Waals surface area contributed by atoms with Crippen molar-refractivity contribution in [3.05, 3.63) is 41.2 Å². The molecular weight excluding hydrogens is 418 g/mol. The zero-order chi connectivity index (χ0) is 24.5. The zero-order valence-corrected chi connectivity index (χ0v) is 21.1. The van der Waals surface area contributed by atoms with E-state index in [9.17, 15) is 9.59 Å². The molecule has 0 spiro atoms. The first-order valence-electron chi connectivity index (χ1n) is 11.8. The normalized spacial score (nSPS) is 11.3. The van der Waals surface area contributed by atoms with Crippen LogP contribution in [-0.2, 0) is 4.79 Å². The SMILES string of the molecule is CCN(CC)CCN(CC(=O)Nc1cc(C)on1)C(=O)Nc1c(C(C)C)cccc1C(C)C. The zero-order valence-electron chi connectivity index (χ0n) is 21.1. The minimum atomic E-state index is -0.320. The van der Waals surface area contributed by atoms with Gasteiger partial charge in [-0.3, -0.25) is 4.79 Å². The molecule has 1 heterocycles. The summed E-state index contributed by atoms with van der Waals surface area (Å²) in [6.07, 6.45) is 0. The molecule has 0 aliphatic heterocycles. The molecule has 0 unspecified atom stereocenters. The number of rotatable bonds is 11. The van der Waals surface area contributed by atoms with Gasteiger partial charge in [-0.15, -0.1) is 0 Å². The molecule has 8 heteroatoms. The minimum absolute atomic E-state index is 0.0835. The lowest BCUT2D eigenvalue weighted by molar-refractivity contribution is -0.116. The van der Waals surface area contributed by atoms with Gasteiger partial charge < -0.3 is 25.0 Å². The van der Waals surface area contributed by atoms with Crippen molar-refractivity contribution in [1.29, 1.82) is 0 Å². The Labute approximate surface area is 197 Å². The number of para-hydroxylation sites is 1. The van der Waals surface area contributed by atoms with Gasteiger partial charge in [0.1, 0.15) is 12.3 Å². The van der Waals surface area contributed by atoms with E-state index < -0.39 is 0 Å². The summed E-state index contributed by atoms with van der Waals surface area (Å²) in [4.78, 5) is 29.9. The van der Waals surface area contributed by atoms with E-state index in [-0.39, 0.29) is 30.3 Å². The molecule has 2 rings (SSSR count). The van der Waals surface area contributed by atoms with Gasteiger partial charge in [0.2, 0.25) is 5.91 Å². The molecule has 0 radical (unpaired) electrons. The number of hydrogen-bond donors (Lipinski definition) is 2. The molecule has 1 aromatic heterocycles. The standard InChI is InChI=1S/C25H39N5O3/c1-8-29(9-2)13-14-30(16-23(31)26-22-15-19(7)33-28-22)25(32)27-24-20(17(3)4)11-10-12-21(24)18(5)6/h10-12,15,17-18H,8-9,13-14,16H2,1-7H3,(H,27,32)(H,26,28,31). The Kier molecular flexibility index (Phi) is 9.91. The first kappa shape index (κ1) is 26.4. The van der Waals surface area contributed by atoms with Crippen LogP contribution in [-0.4, -0.2) is 59.6 Å². The number of benzene rings is 1. The molecule has 33 heavy (non-hydrogen) atoms. The van der Waals surface area contributed by atoms with E-state index >= 15 is 0 Å². The molecule has 1 aromatic carbocycles. The fraction of sp³-hybridized carbons (Fsp3) is 0.560. The van der Waals surface area contributed by atoms with Crippen molar-refractivity contribution in [3.8, 4) is 0 Å². The molecule has 2 aromatic rings. The highest BCUT2D eigenvalue weighted by Gasteiger charge is 2.22. The van der Waals surface area contributed by atoms with Crippen LogP contribution in [0.5, 0.6) is 0 Å². The first-order valence-corrected chi connectivity index (χ1v) is 11.8. The number of amides is 3. The summed E-state index contributed by atoms with van der Waals surface area (Å²) in [5.74, 6) is 1.13. The van der Waals surface area contributed by atoms with Crippen molar-refractivity contribution in [2.75, 3.05) is 43.4 Å². The number of likely N-dealkylation sites (N-methyl/N-ethyl adjacent to an activating group) is 1. The van der Waals surface area contributed by atoms with Crippen LogP contribution in [0.4, 0.5) is 16.3 Å².